The van der Waals surface area contributed by atoms with Crippen molar-refractivity contribution in [3.05, 3.63) is 23.8 Å². The molecule has 0 radical (unpaired) electrons. The minimum absolute atomic E-state index is 0.0236. The quantitative estimate of drug-likeness (QED) is 0.833. The van der Waals surface area contributed by atoms with Gasteiger partial charge in [0.15, 0.2) is 0 Å². The van der Waals surface area contributed by atoms with E-state index in [0.717, 1.165) is 30.9 Å². The molecule has 1 aromatic rings. The molecule has 1 aliphatic rings. The summed E-state index contributed by atoms with van der Waals surface area (Å²) in [5.41, 5.74) is 8.22. The molecule has 0 aromatic heterocycles. The Bertz CT molecular complexity index is 494. The molecule has 5 heteroatoms. The molecule has 2 atom stereocenters. The summed E-state index contributed by atoms with van der Waals surface area (Å²) in [5, 5.41) is 2.94. The Hall–Kier alpha value is -1.59. The second kappa shape index (κ2) is 6.91. The zero-order chi connectivity index (χ0) is 15.4. The highest BCUT2D eigenvalue weighted by Crippen LogP contribution is 2.18. The minimum Gasteiger partial charge on any atom is -0.399 e. The summed E-state index contributed by atoms with van der Waals surface area (Å²) < 4.78 is 5.69. The van der Waals surface area contributed by atoms with Crippen molar-refractivity contribution in [2.75, 3.05) is 30.7 Å². The third-order valence-corrected chi connectivity index (χ3v) is 3.69. The van der Waals surface area contributed by atoms with Crippen molar-refractivity contribution in [1.29, 1.82) is 0 Å². The molecule has 5 nitrogen and oxygen atoms in total. The summed E-state index contributed by atoms with van der Waals surface area (Å²) in [6.07, 6.45) is 0.939. The summed E-state index contributed by atoms with van der Waals surface area (Å²) >= 11 is 0. The number of nitrogens with zero attached hydrogens (tertiary/aromatic N) is 1. The van der Waals surface area contributed by atoms with Gasteiger partial charge >= 0.3 is 0 Å². The topological polar surface area (TPSA) is 67.6 Å². The van der Waals surface area contributed by atoms with E-state index in [2.05, 4.69) is 24.1 Å². The van der Waals surface area contributed by atoms with Crippen molar-refractivity contribution < 1.29 is 9.53 Å². The van der Waals surface area contributed by atoms with Crippen LogP contribution in [0.3, 0.4) is 0 Å². The molecule has 0 bridgehead atoms. The summed E-state index contributed by atoms with van der Waals surface area (Å²) in [6.45, 7) is 8.62. The molecular weight excluding hydrogens is 266 g/mol. The number of morpholine rings is 1. The van der Waals surface area contributed by atoms with E-state index in [1.165, 1.54) is 0 Å². The van der Waals surface area contributed by atoms with Gasteiger partial charge in [0.1, 0.15) is 0 Å². The lowest BCUT2D eigenvalue weighted by Gasteiger charge is -2.35. The van der Waals surface area contributed by atoms with Gasteiger partial charge in [-0.15, -0.1) is 0 Å². The molecule has 2 rings (SSSR count). The largest absolute Gasteiger partial charge is 0.399 e. The Labute approximate surface area is 126 Å². The van der Waals surface area contributed by atoms with Gasteiger partial charge in [0, 0.05) is 37.4 Å². The Kier molecular flexibility index (Phi) is 5.20. The lowest BCUT2D eigenvalue weighted by atomic mass is 10.1. The van der Waals surface area contributed by atoms with Crippen molar-refractivity contribution in [2.45, 2.75) is 39.4 Å². The van der Waals surface area contributed by atoms with E-state index >= 15 is 0 Å². The number of hydrogen-bond donors (Lipinski definition) is 2. The van der Waals surface area contributed by atoms with Crippen molar-refractivity contribution >= 4 is 17.3 Å². The van der Waals surface area contributed by atoms with Crippen LogP contribution >= 0.6 is 0 Å². The highest BCUT2D eigenvalue weighted by atomic mass is 16.5. The van der Waals surface area contributed by atoms with E-state index < -0.39 is 0 Å². The zero-order valence-electron chi connectivity index (χ0n) is 13.1. The van der Waals surface area contributed by atoms with Crippen LogP contribution in [0.1, 0.15) is 25.8 Å². The number of rotatable bonds is 4. The van der Waals surface area contributed by atoms with Crippen LogP contribution in [0.2, 0.25) is 0 Å². The highest BCUT2D eigenvalue weighted by Gasteiger charge is 2.22. The molecule has 1 amide bonds. The molecule has 0 saturated carbocycles. The molecule has 1 aliphatic heterocycles. The first kappa shape index (κ1) is 15.8. The van der Waals surface area contributed by atoms with Crippen molar-refractivity contribution in [1.82, 2.24) is 4.90 Å². The van der Waals surface area contributed by atoms with Gasteiger partial charge in [0.05, 0.1) is 12.2 Å². The number of nitrogen functional groups attached to an aromatic ring is 1. The molecule has 1 heterocycles. The molecule has 0 spiro atoms. The standard InChI is InChI=1S/C16H25N3O2/c1-11-4-5-14(17)8-15(11)18-16(20)6-7-19-9-12(2)21-13(3)10-19/h4-5,8,12-13H,6-7,9-10,17H2,1-3H3,(H,18,20). The van der Waals surface area contributed by atoms with Crippen molar-refractivity contribution in [2.24, 2.45) is 0 Å². The summed E-state index contributed by atoms with van der Waals surface area (Å²) in [5.74, 6) is 0.0236. The Balaban J connectivity index is 1.83. The molecule has 3 N–H and O–H groups in total. The number of carbonyl (C=O) groups is 1. The lowest BCUT2D eigenvalue weighted by Crippen LogP contribution is -2.46. The van der Waals surface area contributed by atoms with Gasteiger partial charge in [-0.25, -0.2) is 0 Å². The minimum atomic E-state index is 0.0236. The number of amides is 1. The van der Waals surface area contributed by atoms with Crippen LogP contribution in [-0.4, -0.2) is 42.6 Å². The third kappa shape index (κ3) is 4.72. The number of nitrogens with one attached hydrogen (secondary N) is 1. The average Bonchev–Trinajstić information content (AvgIpc) is 2.40. The van der Waals surface area contributed by atoms with E-state index in [4.69, 9.17) is 10.5 Å². The summed E-state index contributed by atoms with van der Waals surface area (Å²) in [7, 11) is 0. The molecule has 116 valence electrons. The van der Waals surface area contributed by atoms with Gasteiger partial charge in [-0.1, -0.05) is 6.07 Å². The third-order valence-electron chi connectivity index (χ3n) is 3.69. The molecular formula is C16H25N3O2. The molecule has 1 fully saturated rings. The summed E-state index contributed by atoms with van der Waals surface area (Å²) in [4.78, 5) is 14.4. The van der Waals surface area contributed by atoms with Gasteiger partial charge in [-0.2, -0.15) is 0 Å². The van der Waals surface area contributed by atoms with Gasteiger partial charge < -0.3 is 15.8 Å². The number of ether oxygens (including phenoxy) is 1. The van der Waals surface area contributed by atoms with Gasteiger partial charge in [-0.05, 0) is 38.5 Å². The fourth-order valence-electron chi connectivity index (χ4n) is 2.71. The Morgan fingerprint density at radius 3 is 2.71 bits per heavy atom. The van der Waals surface area contributed by atoms with Gasteiger partial charge in [0.25, 0.3) is 0 Å². The normalized spacial score (nSPS) is 23.0. The predicted molar refractivity (Wildman–Crippen MR) is 85.3 cm³/mol. The molecule has 21 heavy (non-hydrogen) atoms. The maximum absolute atomic E-state index is 12.1. The molecule has 2 unspecified atom stereocenters. The first-order chi connectivity index (χ1) is 9.94. The maximum Gasteiger partial charge on any atom is 0.225 e. The monoisotopic (exact) mass is 291 g/mol. The van der Waals surface area contributed by atoms with E-state index in [-0.39, 0.29) is 18.1 Å². The predicted octanol–water partition coefficient (Wildman–Crippen LogP) is 2.02. The zero-order valence-corrected chi connectivity index (χ0v) is 13.1. The maximum atomic E-state index is 12.1. The van der Waals surface area contributed by atoms with Crippen LogP contribution in [0, 0.1) is 6.92 Å². The van der Waals surface area contributed by atoms with Crippen LogP contribution in [0.4, 0.5) is 11.4 Å². The van der Waals surface area contributed by atoms with Crippen LogP contribution in [0.15, 0.2) is 18.2 Å². The fraction of sp³-hybridized carbons (Fsp3) is 0.562. The molecule has 1 saturated heterocycles. The number of benzene rings is 1. The number of carbonyl (C=O) groups excluding carboxylic acids is 1. The van der Waals surface area contributed by atoms with E-state index in [1.807, 2.05) is 19.1 Å². The number of hydrogen-bond acceptors (Lipinski definition) is 4. The second-order valence-corrected chi connectivity index (χ2v) is 5.89. The van der Waals surface area contributed by atoms with Crippen LogP contribution in [-0.2, 0) is 9.53 Å². The van der Waals surface area contributed by atoms with Gasteiger partial charge in [-0.3, -0.25) is 9.69 Å². The number of aryl methyl sites for hydroxylation is 1. The van der Waals surface area contributed by atoms with Crippen LogP contribution < -0.4 is 11.1 Å². The van der Waals surface area contributed by atoms with E-state index in [9.17, 15) is 4.79 Å². The van der Waals surface area contributed by atoms with Crippen molar-refractivity contribution in [3.63, 3.8) is 0 Å². The fourth-order valence-corrected chi connectivity index (χ4v) is 2.71. The average molecular weight is 291 g/mol. The SMILES string of the molecule is Cc1ccc(N)cc1NC(=O)CCN1CC(C)OC(C)C1. The number of nitrogens with two attached hydrogens (primary N) is 1. The van der Waals surface area contributed by atoms with Crippen molar-refractivity contribution in [3.8, 4) is 0 Å². The summed E-state index contributed by atoms with van der Waals surface area (Å²) in [6, 6.07) is 5.55. The second-order valence-electron chi connectivity index (χ2n) is 5.89. The molecule has 0 aliphatic carbocycles. The first-order valence-corrected chi connectivity index (χ1v) is 7.48. The first-order valence-electron chi connectivity index (χ1n) is 7.48. The van der Waals surface area contributed by atoms with Crippen LogP contribution in [0.5, 0.6) is 0 Å². The van der Waals surface area contributed by atoms with Crippen LogP contribution in [0.25, 0.3) is 0 Å². The van der Waals surface area contributed by atoms with E-state index in [0.29, 0.717) is 12.1 Å². The lowest BCUT2D eigenvalue weighted by molar-refractivity contribution is -0.117. The van der Waals surface area contributed by atoms with E-state index in [1.54, 1.807) is 6.07 Å². The smallest absolute Gasteiger partial charge is 0.225 e. The van der Waals surface area contributed by atoms with Gasteiger partial charge in [0.2, 0.25) is 5.91 Å². The Morgan fingerprint density at radius 2 is 2.05 bits per heavy atom. The number of anilines is 2. The highest BCUT2D eigenvalue weighted by molar-refractivity contribution is 5.92. The molecule has 1 aromatic carbocycles. The Morgan fingerprint density at radius 1 is 1.38 bits per heavy atom.